The molecule has 1 aromatic carbocycles. The molecule has 2 aromatic rings. The Morgan fingerprint density at radius 1 is 1.26 bits per heavy atom. The highest BCUT2D eigenvalue weighted by molar-refractivity contribution is 6.03. The summed E-state index contributed by atoms with van der Waals surface area (Å²) in [6, 6.07) is 7.72. The number of carbonyl (C=O) groups excluding carboxylic acids is 2. The number of allylic oxidation sites excluding steroid dienone is 1. The number of hydrogen-bond donors (Lipinski definition) is 2. The standard InChI is InChI=1S/C18H22N2O3/c1-3-5-10-23-18(22)20-17(11-13(21)4-2)15-12-19-16-9-7-6-8-14(15)16/h6-9,11-12,19H,3-5,10H2,1-2H3,(H,20,22). The predicted molar refractivity (Wildman–Crippen MR) is 91.0 cm³/mol. The van der Waals surface area contributed by atoms with Crippen molar-refractivity contribution in [2.24, 2.45) is 0 Å². The molecule has 0 saturated carbocycles. The minimum Gasteiger partial charge on any atom is -0.449 e. The smallest absolute Gasteiger partial charge is 0.411 e. The number of unbranched alkanes of at least 4 members (excludes halogenated alkanes) is 1. The van der Waals surface area contributed by atoms with E-state index in [2.05, 4.69) is 10.3 Å². The summed E-state index contributed by atoms with van der Waals surface area (Å²) >= 11 is 0. The van der Waals surface area contributed by atoms with E-state index in [1.807, 2.05) is 31.2 Å². The highest BCUT2D eigenvalue weighted by Gasteiger charge is 2.13. The van der Waals surface area contributed by atoms with Gasteiger partial charge in [0.25, 0.3) is 0 Å². The first-order chi connectivity index (χ1) is 11.2. The molecule has 0 aliphatic rings. The van der Waals surface area contributed by atoms with Crippen LogP contribution in [0, 0.1) is 0 Å². The van der Waals surface area contributed by atoms with Crippen LogP contribution in [0.4, 0.5) is 4.79 Å². The average molecular weight is 314 g/mol. The Bertz CT molecular complexity index is 716. The number of para-hydroxylation sites is 1. The zero-order chi connectivity index (χ0) is 16.7. The number of ether oxygens (including phenoxy) is 1. The van der Waals surface area contributed by atoms with Crippen LogP contribution in [0.25, 0.3) is 16.6 Å². The van der Waals surface area contributed by atoms with E-state index in [0.717, 1.165) is 29.3 Å². The van der Waals surface area contributed by atoms with Crippen molar-refractivity contribution < 1.29 is 14.3 Å². The van der Waals surface area contributed by atoms with Gasteiger partial charge in [-0.05, 0) is 12.5 Å². The summed E-state index contributed by atoms with van der Waals surface area (Å²) in [5.74, 6) is -0.0564. The molecular formula is C18H22N2O3. The van der Waals surface area contributed by atoms with Crippen molar-refractivity contribution in [1.82, 2.24) is 10.3 Å². The summed E-state index contributed by atoms with van der Waals surface area (Å²) in [7, 11) is 0. The van der Waals surface area contributed by atoms with Crippen LogP contribution in [0.5, 0.6) is 0 Å². The van der Waals surface area contributed by atoms with Gasteiger partial charge in [-0.15, -0.1) is 0 Å². The number of hydrogen-bond acceptors (Lipinski definition) is 3. The minimum atomic E-state index is -0.543. The first kappa shape index (κ1) is 16.8. The molecule has 0 atom stereocenters. The molecule has 0 unspecified atom stereocenters. The predicted octanol–water partition coefficient (Wildman–Crippen LogP) is 4.01. The SMILES string of the molecule is CCCCOC(=O)NC(=CC(=O)CC)c1c[nH]c2ccccc12. The van der Waals surface area contributed by atoms with E-state index >= 15 is 0 Å². The maximum absolute atomic E-state index is 11.9. The van der Waals surface area contributed by atoms with Gasteiger partial charge in [0.2, 0.25) is 0 Å². The van der Waals surface area contributed by atoms with Gasteiger partial charge in [-0.1, -0.05) is 38.5 Å². The lowest BCUT2D eigenvalue weighted by atomic mass is 10.1. The Labute approximate surface area is 135 Å². The average Bonchev–Trinajstić information content (AvgIpc) is 2.98. The van der Waals surface area contributed by atoms with Crippen LogP contribution < -0.4 is 5.32 Å². The van der Waals surface area contributed by atoms with Crippen LogP contribution >= 0.6 is 0 Å². The van der Waals surface area contributed by atoms with Crippen molar-refractivity contribution in [3.8, 4) is 0 Å². The van der Waals surface area contributed by atoms with Gasteiger partial charge >= 0.3 is 6.09 Å². The second-order valence-electron chi connectivity index (χ2n) is 5.24. The van der Waals surface area contributed by atoms with Crippen molar-refractivity contribution in [3.05, 3.63) is 42.1 Å². The molecule has 0 fully saturated rings. The van der Waals surface area contributed by atoms with Gasteiger partial charge in [0.1, 0.15) is 0 Å². The van der Waals surface area contributed by atoms with Crippen LogP contribution in [0.15, 0.2) is 36.5 Å². The van der Waals surface area contributed by atoms with Gasteiger partial charge in [0.05, 0.1) is 12.3 Å². The van der Waals surface area contributed by atoms with Gasteiger partial charge in [0.15, 0.2) is 5.78 Å². The number of amides is 1. The number of benzene rings is 1. The van der Waals surface area contributed by atoms with Gasteiger partial charge in [-0.2, -0.15) is 0 Å². The maximum Gasteiger partial charge on any atom is 0.411 e. The molecule has 5 nitrogen and oxygen atoms in total. The third-order valence-electron chi connectivity index (χ3n) is 3.50. The molecule has 1 aromatic heterocycles. The fraction of sp³-hybridized carbons (Fsp3) is 0.333. The molecule has 23 heavy (non-hydrogen) atoms. The lowest BCUT2D eigenvalue weighted by Crippen LogP contribution is -2.24. The van der Waals surface area contributed by atoms with E-state index in [1.54, 1.807) is 13.1 Å². The monoisotopic (exact) mass is 314 g/mol. The molecule has 2 rings (SSSR count). The molecule has 1 heterocycles. The number of nitrogens with one attached hydrogen (secondary N) is 2. The first-order valence-corrected chi connectivity index (χ1v) is 7.90. The van der Waals surface area contributed by atoms with Crippen LogP contribution in [-0.2, 0) is 9.53 Å². The Morgan fingerprint density at radius 2 is 2.04 bits per heavy atom. The van der Waals surface area contributed by atoms with Gasteiger partial charge in [-0.3, -0.25) is 10.1 Å². The zero-order valence-corrected chi connectivity index (χ0v) is 13.5. The van der Waals surface area contributed by atoms with Gasteiger partial charge < -0.3 is 9.72 Å². The van der Waals surface area contributed by atoms with E-state index < -0.39 is 6.09 Å². The normalized spacial score (nSPS) is 11.5. The van der Waals surface area contributed by atoms with E-state index in [0.29, 0.717) is 18.7 Å². The fourth-order valence-electron chi connectivity index (χ4n) is 2.19. The number of carbonyl (C=O) groups is 2. The first-order valence-electron chi connectivity index (χ1n) is 7.90. The van der Waals surface area contributed by atoms with E-state index in [-0.39, 0.29) is 5.78 Å². The summed E-state index contributed by atoms with van der Waals surface area (Å²) in [4.78, 5) is 26.9. The lowest BCUT2D eigenvalue weighted by Gasteiger charge is -2.10. The Morgan fingerprint density at radius 3 is 2.78 bits per heavy atom. The molecule has 1 amide bonds. The topological polar surface area (TPSA) is 71.2 Å². The Balaban J connectivity index is 2.26. The Kier molecular flexibility index (Phi) is 5.97. The summed E-state index contributed by atoms with van der Waals surface area (Å²) in [6.45, 7) is 4.18. The minimum absolute atomic E-state index is 0.0564. The number of aromatic nitrogens is 1. The molecule has 0 bridgehead atoms. The lowest BCUT2D eigenvalue weighted by molar-refractivity contribution is -0.114. The second kappa shape index (κ2) is 8.17. The molecule has 0 aliphatic heterocycles. The number of fused-ring (bicyclic) bond motifs is 1. The van der Waals surface area contributed by atoms with E-state index in [4.69, 9.17) is 4.74 Å². The number of ketones is 1. The summed E-state index contributed by atoms with van der Waals surface area (Å²) in [5.41, 5.74) is 2.17. The van der Waals surface area contributed by atoms with E-state index in [9.17, 15) is 9.59 Å². The van der Waals surface area contributed by atoms with Gasteiger partial charge in [-0.25, -0.2) is 4.79 Å². The summed E-state index contributed by atoms with van der Waals surface area (Å²) in [5, 5.41) is 3.64. The largest absolute Gasteiger partial charge is 0.449 e. The molecule has 0 spiro atoms. The van der Waals surface area contributed by atoms with Crippen molar-refractivity contribution in [2.45, 2.75) is 33.1 Å². The van der Waals surface area contributed by atoms with E-state index in [1.165, 1.54) is 6.08 Å². The van der Waals surface area contributed by atoms with Crippen molar-refractivity contribution in [2.75, 3.05) is 6.61 Å². The Hall–Kier alpha value is -2.56. The van der Waals surface area contributed by atoms with Crippen LogP contribution in [0.2, 0.25) is 0 Å². The van der Waals surface area contributed by atoms with Crippen LogP contribution in [0.1, 0.15) is 38.7 Å². The zero-order valence-electron chi connectivity index (χ0n) is 13.5. The molecule has 0 aliphatic carbocycles. The molecule has 5 heteroatoms. The quantitative estimate of drug-likeness (QED) is 0.599. The number of H-pyrrole nitrogens is 1. The third kappa shape index (κ3) is 4.45. The number of rotatable bonds is 7. The third-order valence-corrected chi connectivity index (χ3v) is 3.50. The molecule has 122 valence electrons. The van der Waals surface area contributed by atoms with Gasteiger partial charge in [0, 0.05) is 35.2 Å². The maximum atomic E-state index is 11.9. The highest BCUT2D eigenvalue weighted by atomic mass is 16.5. The van der Waals surface area contributed by atoms with Crippen molar-refractivity contribution in [3.63, 3.8) is 0 Å². The summed E-state index contributed by atoms with van der Waals surface area (Å²) < 4.78 is 5.13. The second-order valence-corrected chi connectivity index (χ2v) is 5.24. The molecule has 2 N–H and O–H groups in total. The fourth-order valence-corrected chi connectivity index (χ4v) is 2.19. The molecule has 0 saturated heterocycles. The van der Waals surface area contributed by atoms with Crippen LogP contribution in [-0.4, -0.2) is 23.5 Å². The molecular weight excluding hydrogens is 292 g/mol. The highest BCUT2D eigenvalue weighted by Crippen LogP contribution is 2.23. The summed E-state index contributed by atoms with van der Waals surface area (Å²) in [6.07, 6.45) is 4.83. The number of aromatic amines is 1. The van der Waals surface area contributed by atoms with Crippen molar-refractivity contribution >= 4 is 28.5 Å². The van der Waals surface area contributed by atoms with Crippen LogP contribution in [0.3, 0.4) is 0 Å². The number of alkyl carbamates (subject to hydrolysis) is 1. The molecule has 0 radical (unpaired) electrons. The van der Waals surface area contributed by atoms with Crippen molar-refractivity contribution in [1.29, 1.82) is 0 Å².